The molecule has 2 rings (SSSR count). The molecular formula is C16H28N4O2S. The third kappa shape index (κ3) is 4.00. The first-order valence-corrected chi connectivity index (χ1v) is 9.52. The number of amides is 3. The summed E-state index contributed by atoms with van der Waals surface area (Å²) >= 11 is 1.71. The Labute approximate surface area is 143 Å². The van der Waals surface area contributed by atoms with Gasteiger partial charge in [0, 0.05) is 18.8 Å². The molecule has 2 aliphatic heterocycles. The van der Waals surface area contributed by atoms with Crippen molar-refractivity contribution in [1.29, 1.82) is 0 Å². The lowest BCUT2D eigenvalue weighted by Crippen LogP contribution is -2.64. The Morgan fingerprint density at radius 2 is 1.91 bits per heavy atom. The van der Waals surface area contributed by atoms with Gasteiger partial charge in [-0.1, -0.05) is 44.4 Å². The lowest BCUT2D eigenvalue weighted by atomic mass is 10.1. The van der Waals surface area contributed by atoms with E-state index >= 15 is 0 Å². The number of fused-ring (bicyclic) bond motifs is 1. The van der Waals surface area contributed by atoms with Crippen LogP contribution in [-0.4, -0.2) is 58.0 Å². The summed E-state index contributed by atoms with van der Waals surface area (Å²) in [4.78, 5) is 32.3. The molecule has 1 fully saturated rings. The normalized spacial score (nSPS) is 24.1. The smallest absolute Gasteiger partial charge is 0.325 e. The van der Waals surface area contributed by atoms with Crippen molar-refractivity contribution in [3.05, 3.63) is 0 Å². The SMILES string of the molecule is CCCCCCCSC1=NC2C(C(=O)NC(=O)N2C)N1C(C)C. The maximum atomic E-state index is 12.3. The van der Waals surface area contributed by atoms with E-state index in [4.69, 9.17) is 0 Å². The molecule has 0 aromatic heterocycles. The van der Waals surface area contributed by atoms with Crippen molar-refractivity contribution in [2.24, 2.45) is 4.99 Å². The molecule has 0 aromatic rings. The maximum absolute atomic E-state index is 12.3. The van der Waals surface area contributed by atoms with Gasteiger partial charge < -0.3 is 9.80 Å². The Hall–Kier alpha value is -1.24. The number of carbonyl (C=O) groups is 2. The fourth-order valence-corrected chi connectivity index (χ4v) is 4.17. The Morgan fingerprint density at radius 3 is 2.57 bits per heavy atom. The van der Waals surface area contributed by atoms with E-state index in [1.807, 2.05) is 0 Å². The summed E-state index contributed by atoms with van der Waals surface area (Å²) in [5.41, 5.74) is 0. The van der Waals surface area contributed by atoms with E-state index in [-0.39, 0.29) is 18.0 Å². The lowest BCUT2D eigenvalue weighted by molar-refractivity contribution is -0.127. The molecule has 6 nitrogen and oxygen atoms in total. The van der Waals surface area contributed by atoms with Gasteiger partial charge >= 0.3 is 6.03 Å². The van der Waals surface area contributed by atoms with Crippen molar-refractivity contribution in [2.75, 3.05) is 12.8 Å². The number of aliphatic imine (C=N–C) groups is 1. The minimum absolute atomic E-state index is 0.170. The standard InChI is InChI=1S/C16H28N4O2S/c1-5-6-7-8-9-10-23-16-17-13-12(20(16)11(2)3)14(21)18-15(22)19(13)4/h11-13H,5-10H2,1-4H3,(H,18,21,22). The molecule has 2 atom stereocenters. The molecule has 0 radical (unpaired) electrons. The zero-order valence-electron chi connectivity index (χ0n) is 14.5. The Kier molecular flexibility index (Phi) is 6.33. The first-order chi connectivity index (χ1) is 11.0. The van der Waals surface area contributed by atoms with Crippen molar-refractivity contribution < 1.29 is 9.59 Å². The number of unbranched alkanes of at least 4 members (excludes halogenated alkanes) is 4. The molecule has 0 saturated carbocycles. The zero-order chi connectivity index (χ0) is 17.0. The van der Waals surface area contributed by atoms with Gasteiger partial charge in [0.25, 0.3) is 5.91 Å². The lowest BCUT2D eigenvalue weighted by Gasteiger charge is -2.37. The van der Waals surface area contributed by atoms with Gasteiger partial charge in [0.2, 0.25) is 0 Å². The van der Waals surface area contributed by atoms with E-state index in [1.165, 1.54) is 30.6 Å². The Balaban J connectivity index is 1.99. The van der Waals surface area contributed by atoms with E-state index < -0.39 is 12.2 Å². The summed E-state index contributed by atoms with van der Waals surface area (Å²) in [6.45, 7) is 6.33. The first kappa shape index (κ1) is 18.1. The van der Waals surface area contributed by atoms with Crippen molar-refractivity contribution in [1.82, 2.24) is 15.1 Å². The minimum Gasteiger partial charge on any atom is -0.333 e. The number of nitrogens with one attached hydrogen (secondary N) is 1. The summed E-state index contributed by atoms with van der Waals surface area (Å²) in [5, 5.41) is 3.31. The molecule has 130 valence electrons. The number of likely N-dealkylation sites (N-methyl/N-ethyl adjacent to an activating group) is 1. The summed E-state index contributed by atoms with van der Waals surface area (Å²) in [7, 11) is 1.69. The van der Waals surface area contributed by atoms with Gasteiger partial charge in [0.05, 0.1) is 0 Å². The quantitative estimate of drug-likeness (QED) is 0.724. The van der Waals surface area contributed by atoms with Crippen LogP contribution in [0.5, 0.6) is 0 Å². The van der Waals surface area contributed by atoms with Crippen LogP contribution in [0.25, 0.3) is 0 Å². The number of thioether (sulfide) groups is 1. The molecule has 2 unspecified atom stereocenters. The van der Waals surface area contributed by atoms with Gasteiger partial charge in [-0.15, -0.1) is 0 Å². The van der Waals surface area contributed by atoms with Crippen LogP contribution >= 0.6 is 11.8 Å². The van der Waals surface area contributed by atoms with Crippen molar-refractivity contribution in [3.63, 3.8) is 0 Å². The zero-order valence-corrected chi connectivity index (χ0v) is 15.4. The number of amidine groups is 1. The average Bonchev–Trinajstić information content (AvgIpc) is 2.89. The molecule has 7 heteroatoms. The van der Waals surface area contributed by atoms with E-state index in [0.29, 0.717) is 0 Å². The van der Waals surface area contributed by atoms with Crippen molar-refractivity contribution >= 4 is 28.9 Å². The van der Waals surface area contributed by atoms with E-state index in [9.17, 15) is 9.59 Å². The minimum atomic E-state index is -0.403. The van der Waals surface area contributed by atoms with Gasteiger partial charge in [-0.2, -0.15) is 0 Å². The van der Waals surface area contributed by atoms with E-state index in [2.05, 4.69) is 36.0 Å². The summed E-state index contributed by atoms with van der Waals surface area (Å²) < 4.78 is 0. The number of rotatable bonds is 7. The Bertz CT molecular complexity index is 481. The third-order valence-corrected chi connectivity index (χ3v) is 5.36. The number of hydrogen-bond acceptors (Lipinski definition) is 5. The van der Waals surface area contributed by atoms with Gasteiger partial charge in [0.15, 0.2) is 17.4 Å². The van der Waals surface area contributed by atoms with E-state index in [0.717, 1.165) is 17.3 Å². The molecule has 3 amide bonds. The highest BCUT2D eigenvalue weighted by Crippen LogP contribution is 2.30. The second-order valence-electron chi connectivity index (χ2n) is 6.44. The van der Waals surface area contributed by atoms with Gasteiger partial charge in [-0.25, -0.2) is 9.79 Å². The van der Waals surface area contributed by atoms with Crippen LogP contribution in [0, 0.1) is 0 Å². The predicted octanol–water partition coefficient (Wildman–Crippen LogP) is 2.65. The molecular weight excluding hydrogens is 312 g/mol. The molecule has 0 spiro atoms. The van der Waals surface area contributed by atoms with Gasteiger partial charge in [-0.05, 0) is 20.3 Å². The highest BCUT2D eigenvalue weighted by Gasteiger charge is 2.49. The van der Waals surface area contributed by atoms with Crippen molar-refractivity contribution in [2.45, 2.75) is 71.1 Å². The Morgan fingerprint density at radius 1 is 1.22 bits per heavy atom. The van der Waals surface area contributed by atoms with E-state index in [1.54, 1.807) is 18.8 Å². The average molecular weight is 340 g/mol. The van der Waals surface area contributed by atoms with Gasteiger partial charge in [0.1, 0.15) is 0 Å². The largest absolute Gasteiger partial charge is 0.333 e. The molecule has 2 aliphatic rings. The fraction of sp³-hybridized carbons (Fsp3) is 0.812. The van der Waals surface area contributed by atoms with Gasteiger partial charge in [-0.3, -0.25) is 10.1 Å². The topological polar surface area (TPSA) is 65.0 Å². The maximum Gasteiger partial charge on any atom is 0.325 e. The number of urea groups is 1. The summed E-state index contributed by atoms with van der Waals surface area (Å²) in [6.07, 6.45) is 5.82. The summed E-state index contributed by atoms with van der Waals surface area (Å²) in [6, 6.07) is -0.599. The van der Waals surface area contributed by atoms with Crippen LogP contribution in [0.3, 0.4) is 0 Å². The number of nitrogens with zero attached hydrogens (tertiary/aromatic N) is 3. The number of hydrogen-bond donors (Lipinski definition) is 1. The van der Waals surface area contributed by atoms with Crippen LogP contribution in [0.2, 0.25) is 0 Å². The second kappa shape index (κ2) is 8.04. The molecule has 0 aromatic carbocycles. The first-order valence-electron chi connectivity index (χ1n) is 8.54. The van der Waals surface area contributed by atoms with Crippen LogP contribution in [0.15, 0.2) is 4.99 Å². The van der Waals surface area contributed by atoms with Crippen molar-refractivity contribution in [3.8, 4) is 0 Å². The summed E-state index contributed by atoms with van der Waals surface area (Å²) in [5.74, 6) is 0.763. The second-order valence-corrected chi connectivity index (χ2v) is 7.50. The molecule has 0 bridgehead atoms. The highest BCUT2D eigenvalue weighted by molar-refractivity contribution is 8.13. The fourth-order valence-electron chi connectivity index (χ4n) is 2.98. The van der Waals surface area contributed by atoms with Crippen LogP contribution in [-0.2, 0) is 4.79 Å². The molecule has 1 N–H and O–H groups in total. The van der Waals surface area contributed by atoms with Crippen LogP contribution in [0.4, 0.5) is 4.79 Å². The molecule has 2 heterocycles. The molecule has 1 saturated heterocycles. The monoisotopic (exact) mass is 340 g/mol. The molecule has 23 heavy (non-hydrogen) atoms. The van der Waals surface area contributed by atoms with Crippen LogP contribution in [0.1, 0.15) is 52.9 Å². The highest BCUT2D eigenvalue weighted by atomic mass is 32.2. The van der Waals surface area contributed by atoms with Crippen LogP contribution < -0.4 is 5.32 Å². The number of imide groups is 1. The molecule has 0 aliphatic carbocycles. The predicted molar refractivity (Wildman–Crippen MR) is 94.5 cm³/mol. The number of carbonyl (C=O) groups excluding carboxylic acids is 2. The third-order valence-electron chi connectivity index (χ3n) is 4.30.